The van der Waals surface area contributed by atoms with Crippen molar-refractivity contribution in [1.29, 1.82) is 0 Å². The van der Waals surface area contributed by atoms with E-state index in [0.717, 1.165) is 16.7 Å². The van der Waals surface area contributed by atoms with E-state index in [9.17, 15) is 4.79 Å². The average molecular weight is 322 g/mol. The summed E-state index contributed by atoms with van der Waals surface area (Å²) >= 11 is 5.93. The maximum atomic E-state index is 12.8. The Morgan fingerprint density at radius 2 is 1.70 bits per heavy atom. The molecule has 0 amide bonds. The Balaban J connectivity index is 1.93. The van der Waals surface area contributed by atoms with Crippen molar-refractivity contribution in [3.63, 3.8) is 0 Å². The smallest absolute Gasteiger partial charge is 0.190 e. The third-order valence-electron chi connectivity index (χ3n) is 3.69. The number of ketones is 1. The third-order valence-corrected chi connectivity index (χ3v) is 3.94. The standard InChI is InChI=1S/C20H16ClNO/c1-14(11-15-5-3-2-4-6-15)20(23)19-13-22-12-18(19)16-7-9-17(21)10-8-16/h2-13,22H,1H3/b14-11+. The molecule has 0 aliphatic rings. The fourth-order valence-electron chi connectivity index (χ4n) is 2.50. The second-order valence-electron chi connectivity index (χ2n) is 5.36. The van der Waals surface area contributed by atoms with Gasteiger partial charge < -0.3 is 4.98 Å². The lowest BCUT2D eigenvalue weighted by atomic mass is 9.97. The Kier molecular flexibility index (Phi) is 4.45. The first-order valence-electron chi connectivity index (χ1n) is 7.36. The summed E-state index contributed by atoms with van der Waals surface area (Å²) < 4.78 is 0. The van der Waals surface area contributed by atoms with E-state index in [0.29, 0.717) is 16.2 Å². The van der Waals surface area contributed by atoms with Gasteiger partial charge in [-0.1, -0.05) is 54.1 Å². The van der Waals surface area contributed by atoms with Gasteiger partial charge in [0.15, 0.2) is 5.78 Å². The SMILES string of the molecule is C/C(=C\c1ccccc1)C(=O)c1c[nH]cc1-c1ccc(Cl)cc1. The van der Waals surface area contributed by atoms with Gasteiger partial charge >= 0.3 is 0 Å². The molecule has 0 bridgehead atoms. The number of nitrogens with one attached hydrogen (secondary N) is 1. The summed E-state index contributed by atoms with van der Waals surface area (Å²) in [6.45, 7) is 1.84. The zero-order valence-corrected chi connectivity index (χ0v) is 13.5. The van der Waals surface area contributed by atoms with Gasteiger partial charge in [-0.25, -0.2) is 0 Å². The topological polar surface area (TPSA) is 32.9 Å². The molecule has 3 heteroatoms. The van der Waals surface area contributed by atoms with E-state index in [1.54, 1.807) is 6.20 Å². The van der Waals surface area contributed by atoms with Crippen LogP contribution in [0.15, 0.2) is 72.6 Å². The van der Waals surface area contributed by atoms with Crippen LogP contribution in [-0.4, -0.2) is 10.8 Å². The molecular formula is C20H16ClNO. The van der Waals surface area contributed by atoms with E-state index in [2.05, 4.69) is 4.98 Å². The number of carbonyl (C=O) groups excluding carboxylic acids is 1. The summed E-state index contributed by atoms with van der Waals surface area (Å²) in [5, 5.41) is 0.678. The van der Waals surface area contributed by atoms with Gasteiger partial charge in [-0.05, 0) is 41.8 Å². The molecule has 0 saturated heterocycles. The molecule has 3 aromatic rings. The molecule has 1 heterocycles. The molecule has 0 aliphatic carbocycles. The molecule has 0 aliphatic heterocycles. The molecular weight excluding hydrogens is 306 g/mol. The van der Waals surface area contributed by atoms with Crippen LogP contribution in [-0.2, 0) is 0 Å². The predicted octanol–water partition coefficient (Wildman–Crippen LogP) is 5.62. The highest BCUT2D eigenvalue weighted by Crippen LogP contribution is 2.27. The van der Waals surface area contributed by atoms with Gasteiger partial charge in [0.1, 0.15) is 0 Å². The molecule has 2 nitrogen and oxygen atoms in total. The van der Waals surface area contributed by atoms with Gasteiger partial charge in [-0.3, -0.25) is 4.79 Å². The van der Waals surface area contributed by atoms with Crippen molar-refractivity contribution < 1.29 is 4.79 Å². The van der Waals surface area contributed by atoms with E-state index in [-0.39, 0.29) is 5.78 Å². The summed E-state index contributed by atoms with van der Waals surface area (Å²) in [7, 11) is 0. The minimum Gasteiger partial charge on any atom is -0.366 e. The Labute approximate surface area is 140 Å². The van der Waals surface area contributed by atoms with Gasteiger partial charge in [0.05, 0.1) is 0 Å². The average Bonchev–Trinajstić information content (AvgIpc) is 3.05. The van der Waals surface area contributed by atoms with Crippen LogP contribution in [0.2, 0.25) is 5.02 Å². The number of hydrogen-bond donors (Lipinski definition) is 1. The van der Waals surface area contributed by atoms with Crippen molar-refractivity contribution >= 4 is 23.5 Å². The van der Waals surface area contributed by atoms with Crippen molar-refractivity contribution in [2.45, 2.75) is 6.92 Å². The largest absolute Gasteiger partial charge is 0.366 e. The molecule has 2 aromatic carbocycles. The predicted molar refractivity (Wildman–Crippen MR) is 95.7 cm³/mol. The van der Waals surface area contributed by atoms with Gasteiger partial charge in [-0.2, -0.15) is 0 Å². The van der Waals surface area contributed by atoms with Crippen molar-refractivity contribution in [2.24, 2.45) is 0 Å². The fourth-order valence-corrected chi connectivity index (χ4v) is 2.62. The number of aromatic nitrogens is 1. The minimum atomic E-state index is 0.0139. The molecule has 0 unspecified atom stereocenters. The van der Waals surface area contributed by atoms with E-state index < -0.39 is 0 Å². The number of benzene rings is 2. The van der Waals surface area contributed by atoms with Crippen LogP contribution in [0, 0.1) is 0 Å². The van der Waals surface area contributed by atoms with Crippen LogP contribution < -0.4 is 0 Å². The van der Waals surface area contributed by atoms with Gasteiger partial charge in [0, 0.05) is 28.5 Å². The number of halogens is 1. The summed E-state index contributed by atoms with van der Waals surface area (Å²) in [5.41, 5.74) is 4.23. The highest BCUT2D eigenvalue weighted by Gasteiger charge is 2.15. The fraction of sp³-hybridized carbons (Fsp3) is 0.0500. The van der Waals surface area contributed by atoms with E-state index in [4.69, 9.17) is 11.6 Å². The lowest BCUT2D eigenvalue weighted by Gasteiger charge is -2.05. The Bertz CT molecular complexity index is 845. The first-order valence-corrected chi connectivity index (χ1v) is 7.74. The Morgan fingerprint density at radius 3 is 2.39 bits per heavy atom. The Morgan fingerprint density at radius 1 is 1.00 bits per heavy atom. The first-order chi connectivity index (χ1) is 11.1. The summed E-state index contributed by atoms with van der Waals surface area (Å²) in [4.78, 5) is 15.8. The zero-order valence-electron chi connectivity index (χ0n) is 12.7. The maximum Gasteiger partial charge on any atom is 0.190 e. The van der Waals surface area contributed by atoms with Crippen LogP contribution in [0.1, 0.15) is 22.8 Å². The van der Waals surface area contributed by atoms with Crippen LogP contribution in [0.4, 0.5) is 0 Å². The van der Waals surface area contributed by atoms with Crippen LogP contribution >= 0.6 is 11.6 Å². The molecule has 0 saturated carbocycles. The van der Waals surface area contributed by atoms with Gasteiger partial charge in [0.2, 0.25) is 0 Å². The van der Waals surface area contributed by atoms with E-state index in [1.165, 1.54) is 0 Å². The summed E-state index contributed by atoms with van der Waals surface area (Å²) in [6, 6.07) is 17.3. The van der Waals surface area contributed by atoms with Gasteiger partial charge in [-0.15, -0.1) is 0 Å². The quantitative estimate of drug-likeness (QED) is 0.491. The van der Waals surface area contributed by atoms with Crippen molar-refractivity contribution in [2.75, 3.05) is 0 Å². The molecule has 1 N–H and O–H groups in total. The lowest BCUT2D eigenvalue weighted by molar-refractivity contribution is 0.103. The lowest BCUT2D eigenvalue weighted by Crippen LogP contribution is -2.01. The van der Waals surface area contributed by atoms with E-state index >= 15 is 0 Å². The number of Topliss-reactive ketones (excluding diaryl/α,β-unsaturated/α-hetero) is 1. The second kappa shape index (κ2) is 6.67. The highest BCUT2D eigenvalue weighted by atomic mass is 35.5. The number of hydrogen-bond acceptors (Lipinski definition) is 1. The van der Waals surface area contributed by atoms with Crippen LogP contribution in [0.3, 0.4) is 0 Å². The van der Waals surface area contributed by atoms with Crippen LogP contribution in [0.5, 0.6) is 0 Å². The number of allylic oxidation sites excluding steroid dienone is 1. The van der Waals surface area contributed by atoms with Crippen molar-refractivity contribution in [1.82, 2.24) is 4.98 Å². The third kappa shape index (κ3) is 3.43. The molecule has 0 radical (unpaired) electrons. The van der Waals surface area contributed by atoms with E-state index in [1.807, 2.05) is 73.8 Å². The molecule has 1 aromatic heterocycles. The molecule has 0 spiro atoms. The maximum absolute atomic E-state index is 12.8. The number of H-pyrrole nitrogens is 1. The van der Waals surface area contributed by atoms with Crippen molar-refractivity contribution in [3.8, 4) is 11.1 Å². The highest BCUT2D eigenvalue weighted by molar-refractivity contribution is 6.30. The van der Waals surface area contributed by atoms with Gasteiger partial charge in [0.25, 0.3) is 0 Å². The molecule has 0 fully saturated rings. The molecule has 114 valence electrons. The second-order valence-corrected chi connectivity index (χ2v) is 5.79. The first kappa shape index (κ1) is 15.3. The minimum absolute atomic E-state index is 0.0139. The number of aromatic amines is 1. The van der Waals surface area contributed by atoms with Crippen LogP contribution in [0.25, 0.3) is 17.2 Å². The number of rotatable bonds is 4. The Hall–Kier alpha value is -2.58. The molecule has 3 rings (SSSR count). The normalized spacial score (nSPS) is 11.5. The van der Waals surface area contributed by atoms with Crippen molar-refractivity contribution in [3.05, 3.63) is 88.7 Å². The number of carbonyl (C=O) groups is 1. The monoisotopic (exact) mass is 321 g/mol. The summed E-state index contributed by atoms with van der Waals surface area (Å²) in [6.07, 6.45) is 5.49. The molecule has 23 heavy (non-hydrogen) atoms. The molecule has 0 atom stereocenters. The summed E-state index contributed by atoms with van der Waals surface area (Å²) in [5.74, 6) is 0.0139. The zero-order chi connectivity index (χ0) is 16.2.